The highest BCUT2D eigenvalue weighted by atomic mass is 16.5. The Labute approximate surface area is 125 Å². The van der Waals surface area contributed by atoms with Gasteiger partial charge in [-0.1, -0.05) is 37.3 Å². The minimum absolute atomic E-state index is 0.313. The SMILES string of the molecule is CCc1nccn1CC(NC)(C(=O)OC)c1ccccc1. The third-order valence-electron chi connectivity index (χ3n) is 3.75. The molecule has 2 aromatic rings. The number of benzene rings is 1. The monoisotopic (exact) mass is 287 g/mol. The lowest BCUT2D eigenvalue weighted by Gasteiger charge is -2.32. The molecule has 0 spiro atoms. The maximum Gasteiger partial charge on any atom is 0.332 e. The Morgan fingerprint density at radius 3 is 2.67 bits per heavy atom. The Kier molecular flexibility index (Phi) is 4.75. The summed E-state index contributed by atoms with van der Waals surface area (Å²) in [7, 11) is 3.18. The lowest BCUT2D eigenvalue weighted by Crippen LogP contribution is -2.51. The molecule has 2 rings (SSSR count). The van der Waals surface area contributed by atoms with E-state index in [9.17, 15) is 4.79 Å². The van der Waals surface area contributed by atoms with Crippen molar-refractivity contribution in [2.75, 3.05) is 14.2 Å². The lowest BCUT2D eigenvalue weighted by molar-refractivity contribution is -0.149. The van der Waals surface area contributed by atoms with Crippen molar-refractivity contribution in [3.63, 3.8) is 0 Å². The zero-order valence-corrected chi connectivity index (χ0v) is 12.7. The molecule has 1 N–H and O–H groups in total. The van der Waals surface area contributed by atoms with Crippen LogP contribution in [0.1, 0.15) is 18.3 Å². The summed E-state index contributed by atoms with van der Waals surface area (Å²) >= 11 is 0. The molecule has 0 aliphatic rings. The van der Waals surface area contributed by atoms with Gasteiger partial charge in [0, 0.05) is 18.8 Å². The smallest absolute Gasteiger partial charge is 0.332 e. The molecule has 21 heavy (non-hydrogen) atoms. The fraction of sp³-hybridized carbons (Fsp3) is 0.375. The third-order valence-corrected chi connectivity index (χ3v) is 3.75. The summed E-state index contributed by atoms with van der Waals surface area (Å²) in [5.74, 6) is 0.626. The Bertz CT molecular complexity index is 595. The molecule has 0 aliphatic heterocycles. The largest absolute Gasteiger partial charge is 0.467 e. The van der Waals surface area contributed by atoms with Crippen molar-refractivity contribution >= 4 is 5.97 Å². The molecule has 1 heterocycles. The summed E-state index contributed by atoms with van der Waals surface area (Å²) in [5.41, 5.74) is -0.0595. The second kappa shape index (κ2) is 6.54. The van der Waals surface area contributed by atoms with E-state index in [1.165, 1.54) is 7.11 Å². The summed E-state index contributed by atoms with van der Waals surface area (Å²) < 4.78 is 7.03. The van der Waals surface area contributed by atoms with Gasteiger partial charge in [0.1, 0.15) is 5.82 Å². The molecule has 0 bridgehead atoms. The molecule has 1 aromatic heterocycles. The Balaban J connectivity index is 2.48. The van der Waals surface area contributed by atoms with Crippen LogP contribution in [-0.2, 0) is 28.0 Å². The van der Waals surface area contributed by atoms with E-state index in [1.54, 1.807) is 13.2 Å². The predicted octanol–water partition coefficient (Wildman–Crippen LogP) is 1.73. The van der Waals surface area contributed by atoms with Gasteiger partial charge in [0.25, 0.3) is 0 Å². The van der Waals surface area contributed by atoms with Crippen molar-refractivity contribution < 1.29 is 9.53 Å². The van der Waals surface area contributed by atoms with E-state index in [-0.39, 0.29) is 5.97 Å². The number of likely N-dealkylation sites (N-methyl/N-ethyl adjacent to an activating group) is 1. The number of nitrogens with one attached hydrogen (secondary N) is 1. The number of esters is 1. The van der Waals surface area contributed by atoms with Crippen molar-refractivity contribution in [1.82, 2.24) is 14.9 Å². The standard InChI is InChI=1S/C16H21N3O2/c1-4-14-18-10-11-19(14)12-16(17-2,15(20)21-3)13-8-6-5-7-9-13/h5-11,17H,4,12H2,1-3H3. The van der Waals surface area contributed by atoms with Crippen LogP contribution in [0.4, 0.5) is 0 Å². The third kappa shape index (κ3) is 2.83. The zero-order chi connectivity index (χ0) is 15.3. The molecular weight excluding hydrogens is 266 g/mol. The van der Waals surface area contributed by atoms with Crippen LogP contribution in [0.25, 0.3) is 0 Å². The lowest BCUT2D eigenvalue weighted by atomic mass is 9.89. The first-order chi connectivity index (χ1) is 10.2. The van der Waals surface area contributed by atoms with Gasteiger partial charge in [-0.3, -0.25) is 5.32 Å². The van der Waals surface area contributed by atoms with Gasteiger partial charge in [-0.2, -0.15) is 0 Å². The number of nitrogens with zero attached hydrogens (tertiary/aromatic N) is 2. The molecule has 5 nitrogen and oxygen atoms in total. The van der Waals surface area contributed by atoms with Gasteiger partial charge in [-0.05, 0) is 12.6 Å². The van der Waals surface area contributed by atoms with Crippen LogP contribution in [0.2, 0.25) is 0 Å². The molecule has 112 valence electrons. The molecule has 1 atom stereocenters. The van der Waals surface area contributed by atoms with Crippen molar-refractivity contribution in [2.45, 2.75) is 25.4 Å². The van der Waals surface area contributed by atoms with E-state index in [0.29, 0.717) is 6.54 Å². The highest BCUT2D eigenvalue weighted by molar-refractivity contribution is 5.82. The van der Waals surface area contributed by atoms with E-state index in [1.807, 2.05) is 48.0 Å². The molecular formula is C16H21N3O2. The second-order valence-corrected chi connectivity index (χ2v) is 4.84. The van der Waals surface area contributed by atoms with Crippen LogP contribution in [0.3, 0.4) is 0 Å². The normalized spacial score (nSPS) is 13.7. The van der Waals surface area contributed by atoms with Crippen molar-refractivity contribution in [1.29, 1.82) is 0 Å². The van der Waals surface area contributed by atoms with Gasteiger partial charge in [0.05, 0.1) is 13.7 Å². The summed E-state index contributed by atoms with van der Waals surface area (Å²) in [5, 5.41) is 3.15. The molecule has 1 unspecified atom stereocenters. The van der Waals surface area contributed by atoms with Crippen LogP contribution in [0.5, 0.6) is 0 Å². The van der Waals surface area contributed by atoms with E-state index in [2.05, 4.69) is 10.3 Å². The Morgan fingerprint density at radius 1 is 1.38 bits per heavy atom. The van der Waals surface area contributed by atoms with Gasteiger partial charge in [0.2, 0.25) is 0 Å². The molecule has 0 fully saturated rings. The van der Waals surface area contributed by atoms with Crippen molar-refractivity contribution in [2.24, 2.45) is 0 Å². The number of carbonyl (C=O) groups is 1. The number of hydrogen-bond donors (Lipinski definition) is 1. The number of carbonyl (C=O) groups excluding carboxylic acids is 1. The first-order valence-corrected chi connectivity index (χ1v) is 7.00. The summed E-state index contributed by atoms with van der Waals surface area (Å²) in [6, 6.07) is 9.61. The number of aryl methyl sites for hydroxylation is 1. The fourth-order valence-corrected chi connectivity index (χ4v) is 2.55. The van der Waals surface area contributed by atoms with E-state index < -0.39 is 5.54 Å². The topological polar surface area (TPSA) is 56.2 Å². The molecule has 0 aliphatic carbocycles. The van der Waals surface area contributed by atoms with Gasteiger partial charge < -0.3 is 9.30 Å². The minimum Gasteiger partial charge on any atom is -0.467 e. The number of rotatable bonds is 6. The highest BCUT2D eigenvalue weighted by Crippen LogP contribution is 2.25. The summed E-state index contributed by atoms with van der Waals surface area (Å²) in [6.45, 7) is 2.48. The molecule has 0 saturated carbocycles. The number of hydrogen-bond acceptors (Lipinski definition) is 4. The number of ether oxygens (including phenoxy) is 1. The Morgan fingerprint density at radius 2 is 2.10 bits per heavy atom. The van der Waals surface area contributed by atoms with Crippen LogP contribution in [-0.4, -0.2) is 29.7 Å². The van der Waals surface area contributed by atoms with Gasteiger partial charge in [-0.25, -0.2) is 9.78 Å². The molecule has 5 heteroatoms. The van der Waals surface area contributed by atoms with E-state index >= 15 is 0 Å². The van der Waals surface area contributed by atoms with E-state index in [4.69, 9.17) is 4.74 Å². The highest BCUT2D eigenvalue weighted by Gasteiger charge is 2.40. The average molecular weight is 287 g/mol. The number of imidazole rings is 1. The first kappa shape index (κ1) is 15.3. The second-order valence-electron chi connectivity index (χ2n) is 4.84. The van der Waals surface area contributed by atoms with E-state index in [0.717, 1.165) is 17.8 Å². The van der Waals surface area contributed by atoms with Gasteiger partial charge in [0.15, 0.2) is 5.54 Å². The van der Waals surface area contributed by atoms with Crippen molar-refractivity contribution in [3.8, 4) is 0 Å². The fourth-order valence-electron chi connectivity index (χ4n) is 2.55. The van der Waals surface area contributed by atoms with Gasteiger partial charge >= 0.3 is 5.97 Å². The van der Waals surface area contributed by atoms with Crippen LogP contribution in [0, 0.1) is 0 Å². The molecule has 0 radical (unpaired) electrons. The van der Waals surface area contributed by atoms with Crippen LogP contribution in [0.15, 0.2) is 42.7 Å². The number of aromatic nitrogens is 2. The zero-order valence-electron chi connectivity index (χ0n) is 12.7. The van der Waals surface area contributed by atoms with Gasteiger partial charge in [-0.15, -0.1) is 0 Å². The molecule has 0 amide bonds. The maximum absolute atomic E-state index is 12.5. The first-order valence-electron chi connectivity index (χ1n) is 7.00. The Hall–Kier alpha value is -2.14. The average Bonchev–Trinajstić information content (AvgIpc) is 2.99. The number of methoxy groups -OCH3 is 1. The minimum atomic E-state index is -0.930. The quantitative estimate of drug-likeness (QED) is 0.822. The van der Waals surface area contributed by atoms with Crippen LogP contribution < -0.4 is 5.32 Å². The van der Waals surface area contributed by atoms with Crippen LogP contribution >= 0.6 is 0 Å². The maximum atomic E-state index is 12.5. The molecule has 1 aromatic carbocycles. The predicted molar refractivity (Wildman–Crippen MR) is 80.8 cm³/mol. The molecule has 0 saturated heterocycles. The van der Waals surface area contributed by atoms with Crippen molar-refractivity contribution in [3.05, 3.63) is 54.1 Å². The summed E-state index contributed by atoms with van der Waals surface area (Å²) in [6.07, 6.45) is 4.45. The summed E-state index contributed by atoms with van der Waals surface area (Å²) in [4.78, 5) is 16.8.